The Bertz CT molecular complexity index is 843. The van der Waals surface area contributed by atoms with Crippen LogP contribution in [-0.2, 0) is 17.9 Å². The van der Waals surface area contributed by atoms with Crippen LogP contribution in [0.25, 0.3) is 0 Å². The summed E-state index contributed by atoms with van der Waals surface area (Å²) in [4.78, 5) is 32.3. The average Bonchev–Trinajstić information content (AvgIpc) is 3.17. The second-order valence-corrected chi connectivity index (χ2v) is 10.1. The molecule has 1 aromatic heterocycles. The van der Waals surface area contributed by atoms with Crippen LogP contribution < -0.4 is 5.32 Å². The number of nitrogens with one attached hydrogen (secondary N) is 1. The third kappa shape index (κ3) is 7.10. The second kappa shape index (κ2) is 11.3. The Morgan fingerprint density at radius 3 is 2.35 bits per heavy atom. The number of rotatable bonds is 8. The van der Waals surface area contributed by atoms with Crippen LogP contribution in [-0.4, -0.2) is 40.4 Å². The van der Waals surface area contributed by atoms with Gasteiger partial charge in [0.2, 0.25) is 5.91 Å². The molecule has 1 heterocycles. The van der Waals surface area contributed by atoms with Crippen molar-refractivity contribution in [3.8, 4) is 0 Å². The molecule has 0 unspecified atom stereocenters. The largest absolute Gasteiger partial charge is 0.335 e. The van der Waals surface area contributed by atoms with E-state index in [0.717, 1.165) is 36.1 Å². The summed E-state index contributed by atoms with van der Waals surface area (Å²) in [5.41, 5.74) is 1.09. The van der Waals surface area contributed by atoms with Crippen molar-refractivity contribution in [2.75, 3.05) is 6.54 Å². The predicted octanol–water partition coefficient (Wildman–Crippen LogP) is 5.34. The lowest BCUT2D eigenvalue weighted by Gasteiger charge is -2.32. The van der Waals surface area contributed by atoms with E-state index >= 15 is 0 Å². The van der Waals surface area contributed by atoms with E-state index in [2.05, 4.69) is 24.4 Å². The maximum Gasteiger partial charge on any atom is 0.318 e. The van der Waals surface area contributed by atoms with Crippen molar-refractivity contribution in [3.05, 3.63) is 57.8 Å². The zero-order chi connectivity index (χ0) is 22.2. The first-order valence-electron chi connectivity index (χ1n) is 11.4. The Labute approximate surface area is 190 Å². The van der Waals surface area contributed by atoms with Gasteiger partial charge >= 0.3 is 6.03 Å². The van der Waals surface area contributed by atoms with Crippen LogP contribution in [0.1, 0.15) is 61.3 Å². The van der Waals surface area contributed by atoms with E-state index in [4.69, 9.17) is 0 Å². The van der Waals surface area contributed by atoms with Crippen molar-refractivity contribution in [1.29, 1.82) is 0 Å². The van der Waals surface area contributed by atoms with Gasteiger partial charge in [0.15, 0.2) is 0 Å². The lowest BCUT2D eigenvalue weighted by molar-refractivity contribution is -0.133. The molecule has 0 aliphatic heterocycles. The fourth-order valence-corrected chi connectivity index (χ4v) is 4.94. The van der Waals surface area contributed by atoms with Gasteiger partial charge in [-0.25, -0.2) is 4.79 Å². The zero-order valence-electron chi connectivity index (χ0n) is 19.0. The molecule has 6 heteroatoms. The summed E-state index contributed by atoms with van der Waals surface area (Å²) in [6.07, 6.45) is 5.63. The van der Waals surface area contributed by atoms with E-state index in [1.54, 1.807) is 16.2 Å². The fraction of sp³-hybridized carbons (Fsp3) is 0.520. The summed E-state index contributed by atoms with van der Waals surface area (Å²) in [6, 6.07) is 14.3. The third-order valence-corrected chi connectivity index (χ3v) is 6.82. The molecule has 2 aromatic rings. The Kier molecular flexibility index (Phi) is 8.52. The van der Waals surface area contributed by atoms with Gasteiger partial charge in [0.05, 0.1) is 6.54 Å². The molecule has 5 nitrogen and oxygen atoms in total. The standard InChI is InChI=1S/C25H35N3O2S/c1-19(2)28(25(30)26-22-12-8-5-9-13-22)18-24(29)27(16-21-10-6-4-7-11-21)17-23-15-14-20(3)31-23/h4,6-7,10-11,14-15,19,22H,5,8-9,12-13,16-18H2,1-3H3,(H,26,30). The number of nitrogens with zero attached hydrogens (tertiary/aromatic N) is 2. The lowest BCUT2D eigenvalue weighted by Crippen LogP contribution is -2.51. The Hall–Kier alpha value is -2.34. The highest BCUT2D eigenvalue weighted by molar-refractivity contribution is 7.11. The fourth-order valence-electron chi connectivity index (χ4n) is 4.03. The highest BCUT2D eigenvalue weighted by Gasteiger charge is 2.26. The van der Waals surface area contributed by atoms with Crippen molar-refractivity contribution >= 4 is 23.3 Å². The van der Waals surface area contributed by atoms with Crippen LogP contribution >= 0.6 is 11.3 Å². The number of amides is 3. The Balaban J connectivity index is 1.70. The van der Waals surface area contributed by atoms with Gasteiger partial charge in [0, 0.05) is 28.4 Å². The van der Waals surface area contributed by atoms with E-state index < -0.39 is 0 Å². The molecule has 3 amide bonds. The van der Waals surface area contributed by atoms with Crippen molar-refractivity contribution in [1.82, 2.24) is 15.1 Å². The van der Waals surface area contributed by atoms with Crippen LogP contribution in [0.3, 0.4) is 0 Å². The molecule has 1 aliphatic carbocycles. The van der Waals surface area contributed by atoms with Crippen molar-refractivity contribution < 1.29 is 9.59 Å². The van der Waals surface area contributed by atoms with Gasteiger partial charge in [-0.2, -0.15) is 0 Å². The minimum atomic E-state index is -0.123. The molecular formula is C25H35N3O2S. The van der Waals surface area contributed by atoms with Crippen LogP contribution in [0, 0.1) is 6.92 Å². The van der Waals surface area contributed by atoms with Gasteiger partial charge in [-0.1, -0.05) is 49.6 Å². The zero-order valence-corrected chi connectivity index (χ0v) is 19.8. The topological polar surface area (TPSA) is 52.7 Å². The SMILES string of the molecule is Cc1ccc(CN(Cc2ccccc2)C(=O)CN(C(=O)NC2CCCCC2)C(C)C)s1. The number of thiophene rings is 1. The average molecular weight is 442 g/mol. The summed E-state index contributed by atoms with van der Waals surface area (Å²) in [6.45, 7) is 7.20. The van der Waals surface area contributed by atoms with Crippen molar-refractivity contribution in [3.63, 3.8) is 0 Å². The Morgan fingerprint density at radius 2 is 1.74 bits per heavy atom. The monoisotopic (exact) mass is 441 g/mol. The predicted molar refractivity (Wildman–Crippen MR) is 127 cm³/mol. The number of hydrogen-bond donors (Lipinski definition) is 1. The molecule has 31 heavy (non-hydrogen) atoms. The third-order valence-electron chi connectivity index (χ3n) is 5.83. The molecule has 0 atom stereocenters. The van der Waals surface area contributed by atoms with Crippen LogP contribution in [0.2, 0.25) is 0 Å². The van der Waals surface area contributed by atoms with Crippen LogP contribution in [0.4, 0.5) is 4.79 Å². The minimum absolute atomic E-state index is 0.0256. The van der Waals surface area contributed by atoms with Gasteiger partial charge in [0.25, 0.3) is 0 Å². The van der Waals surface area contributed by atoms with Crippen molar-refractivity contribution in [2.45, 2.75) is 78.0 Å². The first-order chi connectivity index (χ1) is 14.9. The molecule has 1 aromatic carbocycles. The number of hydrogen-bond acceptors (Lipinski definition) is 3. The van der Waals surface area contributed by atoms with Gasteiger partial charge < -0.3 is 15.1 Å². The van der Waals surface area contributed by atoms with E-state index in [9.17, 15) is 9.59 Å². The molecule has 1 saturated carbocycles. The number of benzene rings is 1. The summed E-state index contributed by atoms with van der Waals surface area (Å²) in [5.74, 6) is -0.0256. The number of aryl methyl sites for hydroxylation is 1. The van der Waals surface area contributed by atoms with Crippen LogP contribution in [0.5, 0.6) is 0 Å². The van der Waals surface area contributed by atoms with Gasteiger partial charge in [0.1, 0.15) is 6.54 Å². The van der Waals surface area contributed by atoms with E-state index in [-0.39, 0.29) is 30.6 Å². The molecule has 1 aliphatic rings. The van der Waals surface area contributed by atoms with Crippen LogP contribution in [0.15, 0.2) is 42.5 Å². The van der Waals surface area contributed by atoms with E-state index in [1.807, 2.05) is 49.1 Å². The molecule has 0 saturated heterocycles. The molecule has 168 valence electrons. The normalized spacial score (nSPS) is 14.5. The highest BCUT2D eigenvalue weighted by atomic mass is 32.1. The summed E-state index contributed by atoms with van der Waals surface area (Å²) in [5, 5.41) is 3.17. The molecule has 0 bridgehead atoms. The quantitative estimate of drug-likeness (QED) is 0.601. The van der Waals surface area contributed by atoms with E-state index in [0.29, 0.717) is 13.1 Å². The molecular weight excluding hydrogens is 406 g/mol. The number of urea groups is 1. The first-order valence-corrected chi connectivity index (χ1v) is 12.2. The van der Waals surface area contributed by atoms with Gasteiger partial charge in [-0.15, -0.1) is 11.3 Å². The molecule has 3 rings (SSSR count). The summed E-state index contributed by atoms with van der Waals surface area (Å²) < 4.78 is 0. The summed E-state index contributed by atoms with van der Waals surface area (Å²) in [7, 11) is 0. The molecule has 1 fully saturated rings. The summed E-state index contributed by atoms with van der Waals surface area (Å²) >= 11 is 1.71. The smallest absolute Gasteiger partial charge is 0.318 e. The molecule has 0 radical (unpaired) electrons. The van der Waals surface area contributed by atoms with Crippen molar-refractivity contribution in [2.24, 2.45) is 0 Å². The van der Waals surface area contributed by atoms with E-state index in [1.165, 1.54) is 11.3 Å². The minimum Gasteiger partial charge on any atom is -0.335 e. The maximum absolute atomic E-state index is 13.4. The van der Waals surface area contributed by atoms with Gasteiger partial charge in [-0.3, -0.25) is 4.79 Å². The molecule has 0 spiro atoms. The number of carbonyl (C=O) groups is 2. The molecule has 1 N–H and O–H groups in total. The highest BCUT2D eigenvalue weighted by Crippen LogP contribution is 2.20. The second-order valence-electron chi connectivity index (χ2n) is 8.75. The lowest BCUT2D eigenvalue weighted by atomic mass is 9.96. The number of carbonyl (C=O) groups excluding carboxylic acids is 2. The van der Waals surface area contributed by atoms with Gasteiger partial charge in [-0.05, 0) is 51.3 Å². The maximum atomic E-state index is 13.4. The Morgan fingerprint density at radius 1 is 1.03 bits per heavy atom. The first kappa shape index (κ1) is 23.3.